The molecule has 4 heteroatoms. The van der Waals surface area contributed by atoms with Crippen molar-refractivity contribution < 1.29 is 18.9 Å². The molecule has 0 heterocycles. The molecular formula is C13H26O4. The van der Waals surface area contributed by atoms with E-state index >= 15 is 0 Å². The lowest BCUT2D eigenvalue weighted by atomic mass is 10.1. The Morgan fingerprint density at radius 3 is 1.18 bits per heavy atom. The molecule has 0 aromatic rings. The minimum absolute atomic E-state index is 0.0992. The van der Waals surface area contributed by atoms with Crippen LogP contribution in [-0.4, -0.2) is 39.0 Å². The van der Waals surface area contributed by atoms with E-state index in [1.54, 1.807) is 0 Å². The molecule has 0 atom stereocenters. The van der Waals surface area contributed by atoms with Gasteiger partial charge in [0.25, 0.3) is 0 Å². The molecule has 1 aliphatic carbocycles. The SMILES string of the molecule is CCOC(OCC)C1(C(OCC)OCC)CC1. The molecule has 1 saturated carbocycles. The van der Waals surface area contributed by atoms with Crippen LogP contribution in [0.25, 0.3) is 0 Å². The highest BCUT2D eigenvalue weighted by atomic mass is 16.7. The molecule has 0 spiro atoms. The van der Waals surface area contributed by atoms with Crippen molar-refractivity contribution in [3.8, 4) is 0 Å². The van der Waals surface area contributed by atoms with Crippen LogP contribution >= 0.6 is 0 Å². The van der Waals surface area contributed by atoms with Gasteiger partial charge in [-0.15, -0.1) is 0 Å². The lowest BCUT2D eigenvalue weighted by molar-refractivity contribution is -0.259. The van der Waals surface area contributed by atoms with Gasteiger partial charge in [0.2, 0.25) is 0 Å². The van der Waals surface area contributed by atoms with Crippen molar-refractivity contribution in [1.82, 2.24) is 0 Å². The van der Waals surface area contributed by atoms with Crippen molar-refractivity contribution in [2.75, 3.05) is 26.4 Å². The first kappa shape index (κ1) is 14.9. The summed E-state index contributed by atoms with van der Waals surface area (Å²) >= 11 is 0. The van der Waals surface area contributed by atoms with Gasteiger partial charge in [0.15, 0.2) is 12.6 Å². The van der Waals surface area contributed by atoms with Crippen LogP contribution in [0, 0.1) is 5.41 Å². The first-order chi connectivity index (χ1) is 8.25. The van der Waals surface area contributed by atoms with Gasteiger partial charge in [-0.3, -0.25) is 0 Å². The molecule has 1 aliphatic rings. The average Bonchev–Trinajstić information content (AvgIpc) is 3.10. The third-order valence-electron chi connectivity index (χ3n) is 3.04. The van der Waals surface area contributed by atoms with E-state index in [9.17, 15) is 0 Å². The molecule has 0 bridgehead atoms. The van der Waals surface area contributed by atoms with Crippen LogP contribution in [0.1, 0.15) is 40.5 Å². The molecule has 102 valence electrons. The van der Waals surface area contributed by atoms with Crippen molar-refractivity contribution in [2.45, 2.75) is 53.1 Å². The fraction of sp³-hybridized carbons (Fsp3) is 1.00. The zero-order valence-electron chi connectivity index (χ0n) is 11.5. The van der Waals surface area contributed by atoms with Crippen molar-refractivity contribution in [2.24, 2.45) is 5.41 Å². The summed E-state index contributed by atoms with van der Waals surface area (Å²) in [6.07, 6.45) is 1.67. The van der Waals surface area contributed by atoms with Gasteiger partial charge in [-0.2, -0.15) is 0 Å². The van der Waals surface area contributed by atoms with E-state index < -0.39 is 0 Å². The van der Waals surface area contributed by atoms with E-state index in [1.807, 2.05) is 27.7 Å². The molecule has 0 N–H and O–H groups in total. The van der Waals surface area contributed by atoms with Crippen molar-refractivity contribution in [1.29, 1.82) is 0 Å². The van der Waals surface area contributed by atoms with Crippen LogP contribution in [0.4, 0.5) is 0 Å². The zero-order chi connectivity index (χ0) is 12.7. The first-order valence-electron chi connectivity index (χ1n) is 6.71. The summed E-state index contributed by atoms with van der Waals surface area (Å²) < 4.78 is 22.8. The number of hydrogen-bond acceptors (Lipinski definition) is 4. The summed E-state index contributed by atoms with van der Waals surface area (Å²) in [7, 11) is 0. The molecule has 1 rings (SSSR count). The van der Waals surface area contributed by atoms with Gasteiger partial charge in [0.05, 0.1) is 5.41 Å². The summed E-state index contributed by atoms with van der Waals surface area (Å²) in [6, 6.07) is 0. The summed E-state index contributed by atoms with van der Waals surface area (Å²) in [5, 5.41) is 0. The molecule has 0 aromatic heterocycles. The summed E-state index contributed by atoms with van der Waals surface area (Å²) in [5.74, 6) is 0. The molecule has 0 aliphatic heterocycles. The Hall–Kier alpha value is -0.160. The Kier molecular flexibility index (Phi) is 6.41. The maximum absolute atomic E-state index is 5.70. The molecule has 17 heavy (non-hydrogen) atoms. The topological polar surface area (TPSA) is 36.9 Å². The van der Waals surface area contributed by atoms with E-state index in [0.717, 1.165) is 12.8 Å². The maximum Gasteiger partial charge on any atom is 0.167 e. The fourth-order valence-electron chi connectivity index (χ4n) is 2.09. The molecule has 4 nitrogen and oxygen atoms in total. The number of ether oxygens (including phenoxy) is 4. The minimum Gasteiger partial charge on any atom is -0.352 e. The molecule has 0 aromatic carbocycles. The molecule has 0 radical (unpaired) electrons. The lowest BCUT2D eigenvalue weighted by Crippen LogP contribution is -2.41. The molecule has 0 amide bonds. The Bertz CT molecular complexity index is 174. The Morgan fingerprint density at radius 2 is 1.00 bits per heavy atom. The van der Waals surface area contributed by atoms with Crippen LogP contribution in [-0.2, 0) is 18.9 Å². The van der Waals surface area contributed by atoms with Crippen molar-refractivity contribution in [3.63, 3.8) is 0 Å². The fourth-order valence-corrected chi connectivity index (χ4v) is 2.09. The van der Waals surface area contributed by atoms with Gasteiger partial charge in [-0.25, -0.2) is 0 Å². The number of hydrogen-bond donors (Lipinski definition) is 0. The predicted molar refractivity (Wildman–Crippen MR) is 65.7 cm³/mol. The van der Waals surface area contributed by atoms with E-state index in [4.69, 9.17) is 18.9 Å². The van der Waals surface area contributed by atoms with Gasteiger partial charge >= 0.3 is 0 Å². The van der Waals surface area contributed by atoms with E-state index in [-0.39, 0.29) is 18.0 Å². The Balaban J connectivity index is 2.66. The smallest absolute Gasteiger partial charge is 0.167 e. The van der Waals surface area contributed by atoms with Crippen molar-refractivity contribution >= 4 is 0 Å². The van der Waals surface area contributed by atoms with E-state index in [0.29, 0.717) is 26.4 Å². The normalized spacial score (nSPS) is 18.0. The molecule has 0 unspecified atom stereocenters. The molecule has 1 fully saturated rings. The predicted octanol–water partition coefficient (Wildman–Crippen LogP) is 2.56. The third-order valence-corrected chi connectivity index (χ3v) is 3.04. The summed E-state index contributed by atoms with van der Waals surface area (Å²) in [6.45, 7) is 10.5. The highest BCUT2D eigenvalue weighted by molar-refractivity contribution is 4.99. The lowest BCUT2D eigenvalue weighted by Gasteiger charge is -2.32. The largest absolute Gasteiger partial charge is 0.352 e. The number of rotatable bonds is 10. The van der Waals surface area contributed by atoms with Gasteiger partial charge < -0.3 is 18.9 Å². The third kappa shape index (κ3) is 3.65. The second-order valence-electron chi connectivity index (χ2n) is 4.22. The molecular weight excluding hydrogens is 220 g/mol. The molecule has 0 saturated heterocycles. The second-order valence-corrected chi connectivity index (χ2v) is 4.22. The summed E-state index contributed by atoms with van der Waals surface area (Å²) in [5.41, 5.74) is -0.0992. The standard InChI is InChI=1S/C13H26O4/c1-5-14-11(15-6-2)13(9-10-13)12(16-7-3)17-8-4/h11-12H,5-10H2,1-4H3. The van der Waals surface area contributed by atoms with E-state index in [2.05, 4.69) is 0 Å². The van der Waals surface area contributed by atoms with Gasteiger partial charge in [0.1, 0.15) is 0 Å². The minimum atomic E-state index is -0.208. The van der Waals surface area contributed by atoms with Crippen LogP contribution < -0.4 is 0 Å². The van der Waals surface area contributed by atoms with Crippen LogP contribution in [0.2, 0.25) is 0 Å². The maximum atomic E-state index is 5.70. The van der Waals surface area contributed by atoms with Gasteiger partial charge in [-0.1, -0.05) is 0 Å². The van der Waals surface area contributed by atoms with E-state index in [1.165, 1.54) is 0 Å². The average molecular weight is 246 g/mol. The summed E-state index contributed by atoms with van der Waals surface area (Å²) in [4.78, 5) is 0. The zero-order valence-corrected chi connectivity index (χ0v) is 11.5. The van der Waals surface area contributed by atoms with Gasteiger partial charge in [0, 0.05) is 26.4 Å². The first-order valence-corrected chi connectivity index (χ1v) is 6.71. The van der Waals surface area contributed by atoms with Crippen LogP contribution in [0.5, 0.6) is 0 Å². The van der Waals surface area contributed by atoms with Gasteiger partial charge in [-0.05, 0) is 40.5 Å². The highest BCUT2D eigenvalue weighted by Crippen LogP contribution is 2.54. The quantitative estimate of drug-likeness (QED) is 0.555. The monoisotopic (exact) mass is 246 g/mol. The second kappa shape index (κ2) is 7.31. The Labute approximate surface area is 105 Å². The highest BCUT2D eigenvalue weighted by Gasteiger charge is 2.58. The van der Waals surface area contributed by atoms with Crippen LogP contribution in [0.3, 0.4) is 0 Å². The van der Waals surface area contributed by atoms with Crippen LogP contribution in [0.15, 0.2) is 0 Å². The van der Waals surface area contributed by atoms with Crippen molar-refractivity contribution in [3.05, 3.63) is 0 Å². The Morgan fingerprint density at radius 1 is 0.706 bits per heavy atom.